The summed E-state index contributed by atoms with van der Waals surface area (Å²) in [5, 5.41) is 7.20. The molecular formula is C42H26N2O. The second-order valence-corrected chi connectivity index (χ2v) is 11.8. The zero-order valence-corrected chi connectivity index (χ0v) is 24.3. The number of fused-ring (bicyclic) bond motifs is 10. The Morgan fingerprint density at radius 1 is 0.333 bits per heavy atom. The van der Waals surface area contributed by atoms with Gasteiger partial charge >= 0.3 is 0 Å². The molecular weight excluding hydrogens is 548 g/mol. The van der Waals surface area contributed by atoms with Crippen LogP contribution >= 0.6 is 0 Å². The number of para-hydroxylation sites is 3. The molecule has 3 heterocycles. The Morgan fingerprint density at radius 2 is 0.844 bits per heavy atom. The molecule has 0 amide bonds. The maximum atomic E-state index is 6.59. The smallest absolute Gasteiger partial charge is 0.137 e. The van der Waals surface area contributed by atoms with E-state index in [1.807, 2.05) is 6.07 Å². The van der Waals surface area contributed by atoms with Gasteiger partial charge in [0.25, 0.3) is 0 Å². The normalized spacial score (nSPS) is 12.0. The van der Waals surface area contributed by atoms with Crippen LogP contribution in [0.2, 0.25) is 0 Å². The second-order valence-electron chi connectivity index (χ2n) is 11.8. The molecule has 10 aromatic rings. The molecule has 3 nitrogen and oxygen atoms in total. The summed E-state index contributed by atoms with van der Waals surface area (Å²) in [5.41, 5.74) is 11.1. The van der Waals surface area contributed by atoms with E-state index >= 15 is 0 Å². The van der Waals surface area contributed by atoms with Crippen LogP contribution in [-0.2, 0) is 0 Å². The van der Waals surface area contributed by atoms with Crippen LogP contribution in [-0.4, -0.2) is 9.13 Å². The molecule has 7 aromatic carbocycles. The first kappa shape index (κ1) is 24.4. The SMILES string of the molecule is c1ccc(-c2ccc3c(c2)oc2cc(-n4c5ccccc5c5ccc6c7ccccc7n(-c7ccccc7)c6c54)ccc23)cc1. The van der Waals surface area contributed by atoms with Gasteiger partial charge in [0.15, 0.2) is 0 Å². The number of furan rings is 1. The minimum atomic E-state index is 0.884. The quantitative estimate of drug-likeness (QED) is 0.206. The third-order valence-electron chi connectivity index (χ3n) is 9.31. The van der Waals surface area contributed by atoms with Crippen LogP contribution in [0, 0.1) is 0 Å². The predicted octanol–water partition coefficient (Wildman–Crippen LogP) is 11.4. The Labute approximate surface area is 258 Å². The summed E-state index contributed by atoms with van der Waals surface area (Å²) in [5.74, 6) is 0. The van der Waals surface area contributed by atoms with Crippen LogP contribution in [0.1, 0.15) is 0 Å². The van der Waals surface area contributed by atoms with Crippen molar-refractivity contribution in [1.82, 2.24) is 9.13 Å². The lowest BCUT2D eigenvalue weighted by Gasteiger charge is -2.12. The van der Waals surface area contributed by atoms with Gasteiger partial charge in [0.2, 0.25) is 0 Å². The third-order valence-corrected chi connectivity index (χ3v) is 9.31. The van der Waals surface area contributed by atoms with Gasteiger partial charge in [-0.1, -0.05) is 103 Å². The molecule has 0 atom stereocenters. The van der Waals surface area contributed by atoms with Crippen LogP contribution in [0.25, 0.3) is 88.1 Å². The Hall–Kier alpha value is -6.06. The molecule has 0 saturated carbocycles. The van der Waals surface area contributed by atoms with Crippen molar-refractivity contribution in [1.29, 1.82) is 0 Å². The fourth-order valence-electron chi connectivity index (χ4n) is 7.33. The number of rotatable bonds is 3. The first-order chi connectivity index (χ1) is 22.3. The molecule has 0 unspecified atom stereocenters. The van der Waals surface area contributed by atoms with E-state index in [1.165, 1.54) is 49.2 Å². The molecule has 0 saturated heterocycles. The number of nitrogens with zero attached hydrogens (tertiary/aromatic N) is 2. The van der Waals surface area contributed by atoms with Gasteiger partial charge in [-0.25, -0.2) is 0 Å². The van der Waals surface area contributed by atoms with Crippen molar-refractivity contribution in [2.45, 2.75) is 0 Å². The molecule has 0 fully saturated rings. The largest absolute Gasteiger partial charge is 0.456 e. The molecule has 210 valence electrons. The molecule has 0 N–H and O–H groups in total. The van der Waals surface area contributed by atoms with Crippen LogP contribution in [0.15, 0.2) is 162 Å². The maximum absolute atomic E-state index is 6.59. The minimum absolute atomic E-state index is 0.884. The van der Waals surface area contributed by atoms with Gasteiger partial charge < -0.3 is 13.6 Å². The fraction of sp³-hybridized carbons (Fsp3) is 0. The monoisotopic (exact) mass is 574 g/mol. The molecule has 10 rings (SSSR count). The third kappa shape index (κ3) is 3.46. The van der Waals surface area contributed by atoms with E-state index in [0.717, 1.165) is 38.9 Å². The van der Waals surface area contributed by atoms with Gasteiger partial charge in [-0.2, -0.15) is 0 Å². The Morgan fingerprint density at radius 3 is 1.51 bits per heavy atom. The van der Waals surface area contributed by atoms with Crippen molar-refractivity contribution in [3.8, 4) is 22.5 Å². The highest BCUT2D eigenvalue weighted by atomic mass is 16.3. The molecule has 0 aliphatic carbocycles. The zero-order valence-electron chi connectivity index (χ0n) is 24.3. The van der Waals surface area contributed by atoms with E-state index in [4.69, 9.17) is 4.42 Å². The molecule has 3 aromatic heterocycles. The van der Waals surface area contributed by atoms with E-state index in [9.17, 15) is 0 Å². The molecule has 0 bridgehead atoms. The van der Waals surface area contributed by atoms with E-state index in [1.54, 1.807) is 0 Å². The van der Waals surface area contributed by atoms with Crippen molar-refractivity contribution in [3.63, 3.8) is 0 Å². The van der Waals surface area contributed by atoms with E-state index in [-0.39, 0.29) is 0 Å². The van der Waals surface area contributed by atoms with Gasteiger partial charge in [0.05, 0.1) is 27.8 Å². The lowest BCUT2D eigenvalue weighted by molar-refractivity contribution is 0.669. The van der Waals surface area contributed by atoms with Crippen molar-refractivity contribution in [2.24, 2.45) is 0 Å². The summed E-state index contributed by atoms with van der Waals surface area (Å²) >= 11 is 0. The summed E-state index contributed by atoms with van der Waals surface area (Å²) in [6.45, 7) is 0. The predicted molar refractivity (Wildman–Crippen MR) is 188 cm³/mol. The van der Waals surface area contributed by atoms with Crippen LogP contribution in [0.5, 0.6) is 0 Å². The highest BCUT2D eigenvalue weighted by Gasteiger charge is 2.21. The van der Waals surface area contributed by atoms with Gasteiger partial charge in [-0.05, 0) is 59.7 Å². The zero-order chi connectivity index (χ0) is 29.5. The minimum Gasteiger partial charge on any atom is -0.456 e. The Balaban J connectivity index is 1.30. The summed E-state index contributed by atoms with van der Waals surface area (Å²) < 4.78 is 11.4. The first-order valence-electron chi connectivity index (χ1n) is 15.4. The Bertz CT molecular complexity index is 2740. The highest BCUT2D eigenvalue weighted by molar-refractivity contribution is 6.24. The topological polar surface area (TPSA) is 23.0 Å². The number of hydrogen-bond acceptors (Lipinski definition) is 1. The van der Waals surface area contributed by atoms with Crippen molar-refractivity contribution >= 4 is 65.6 Å². The number of aromatic nitrogens is 2. The summed E-state index contributed by atoms with van der Waals surface area (Å²) in [6, 6.07) is 56.4. The molecule has 0 aliphatic rings. The van der Waals surface area contributed by atoms with Crippen LogP contribution in [0.3, 0.4) is 0 Å². The highest BCUT2D eigenvalue weighted by Crippen LogP contribution is 2.42. The molecule has 0 radical (unpaired) electrons. The van der Waals surface area contributed by atoms with Crippen LogP contribution in [0.4, 0.5) is 0 Å². The van der Waals surface area contributed by atoms with Crippen LogP contribution < -0.4 is 0 Å². The van der Waals surface area contributed by atoms with Gasteiger partial charge in [-0.3, -0.25) is 0 Å². The number of hydrogen-bond donors (Lipinski definition) is 0. The molecule has 0 aliphatic heterocycles. The number of benzene rings is 7. The lowest BCUT2D eigenvalue weighted by atomic mass is 10.0. The average molecular weight is 575 g/mol. The second kappa shape index (κ2) is 9.22. The standard InChI is InChI=1S/C42H26N2O/c1-3-11-27(12-4-1)28-19-21-33-34-22-20-30(26-40(34)45-39(33)25-28)44-38-18-10-8-16-32(38)36-24-23-35-31-15-7-9-17-37(31)43(41(35)42(36)44)29-13-5-2-6-14-29/h1-26H. The first-order valence-corrected chi connectivity index (χ1v) is 15.4. The summed E-state index contributed by atoms with van der Waals surface area (Å²) in [4.78, 5) is 0. The molecule has 0 spiro atoms. The lowest BCUT2D eigenvalue weighted by Crippen LogP contribution is -1.98. The Kier molecular flexibility index (Phi) is 5.00. The van der Waals surface area contributed by atoms with Gasteiger partial charge in [-0.15, -0.1) is 0 Å². The van der Waals surface area contributed by atoms with Crippen molar-refractivity contribution < 1.29 is 4.42 Å². The molecule has 45 heavy (non-hydrogen) atoms. The summed E-state index contributed by atoms with van der Waals surface area (Å²) in [6.07, 6.45) is 0. The van der Waals surface area contributed by atoms with Gasteiger partial charge in [0.1, 0.15) is 11.2 Å². The summed E-state index contributed by atoms with van der Waals surface area (Å²) in [7, 11) is 0. The van der Waals surface area contributed by atoms with E-state index in [2.05, 4.69) is 161 Å². The van der Waals surface area contributed by atoms with E-state index < -0.39 is 0 Å². The average Bonchev–Trinajstić information content (AvgIpc) is 3.76. The van der Waals surface area contributed by atoms with Crippen molar-refractivity contribution in [2.75, 3.05) is 0 Å². The van der Waals surface area contributed by atoms with Crippen molar-refractivity contribution in [3.05, 3.63) is 158 Å². The molecule has 3 heteroatoms. The fourth-order valence-corrected chi connectivity index (χ4v) is 7.33. The maximum Gasteiger partial charge on any atom is 0.137 e. The van der Waals surface area contributed by atoms with E-state index in [0.29, 0.717) is 0 Å². The van der Waals surface area contributed by atoms with Gasteiger partial charge in [0, 0.05) is 44.1 Å².